The molecule has 3 aromatic rings. The van der Waals surface area contributed by atoms with E-state index in [1.165, 1.54) is 5.56 Å². The molecule has 0 radical (unpaired) electrons. The van der Waals surface area contributed by atoms with E-state index < -0.39 is 6.10 Å². The van der Waals surface area contributed by atoms with Crippen LogP contribution in [0.4, 0.5) is 0 Å². The minimum atomic E-state index is -0.621. The zero-order valence-electron chi connectivity index (χ0n) is 14.3. The van der Waals surface area contributed by atoms with Crippen LogP contribution in [0.25, 0.3) is 5.69 Å². The third-order valence-electron chi connectivity index (χ3n) is 3.84. The van der Waals surface area contributed by atoms with Crippen molar-refractivity contribution in [2.24, 2.45) is 0 Å². The first-order valence-electron chi connectivity index (χ1n) is 8.23. The van der Waals surface area contributed by atoms with Crippen LogP contribution in [0, 0.1) is 6.92 Å². The van der Waals surface area contributed by atoms with Crippen LogP contribution in [0.2, 0.25) is 0 Å². The summed E-state index contributed by atoms with van der Waals surface area (Å²) in [6.45, 7) is 4.23. The third-order valence-corrected chi connectivity index (χ3v) is 3.84. The lowest BCUT2D eigenvalue weighted by molar-refractivity contribution is -0.127. The molecule has 1 amide bonds. The van der Waals surface area contributed by atoms with Crippen molar-refractivity contribution in [2.45, 2.75) is 26.5 Å². The number of para-hydroxylation sites is 1. The van der Waals surface area contributed by atoms with E-state index in [4.69, 9.17) is 4.74 Å². The molecular weight excluding hydrogens is 314 g/mol. The molecule has 0 saturated carbocycles. The molecule has 0 fully saturated rings. The zero-order chi connectivity index (χ0) is 17.6. The van der Waals surface area contributed by atoms with Crippen LogP contribution < -0.4 is 10.1 Å². The Bertz CT molecular complexity index is 826. The first-order chi connectivity index (χ1) is 12.1. The van der Waals surface area contributed by atoms with E-state index >= 15 is 0 Å². The van der Waals surface area contributed by atoms with Crippen LogP contribution in [0.1, 0.15) is 18.1 Å². The predicted octanol–water partition coefficient (Wildman–Crippen LogP) is 3.26. The van der Waals surface area contributed by atoms with E-state index in [0.717, 1.165) is 11.3 Å². The minimum Gasteiger partial charge on any atom is -0.463 e. The Morgan fingerprint density at radius 2 is 1.84 bits per heavy atom. The Morgan fingerprint density at radius 3 is 2.56 bits per heavy atom. The highest BCUT2D eigenvalue weighted by Gasteiger charge is 2.15. The van der Waals surface area contributed by atoms with Gasteiger partial charge in [0.25, 0.3) is 5.91 Å². The van der Waals surface area contributed by atoms with Crippen LogP contribution in [-0.2, 0) is 11.3 Å². The number of nitrogens with one attached hydrogen (secondary N) is 1. The van der Waals surface area contributed by atoms with Crippen molar-refractivity contribution < 1.29 is 9.53 Å². The topological polar surface area (TPSA) is 56.1 Å². The Labute approximate surface area is 147 Å². The molecule has 0 aliphatic rings. The van der Waals surface area contributed by atoms with Crippen molar-refractivity contribution in [3.05, 3.63) is 78.0 Å². The average Bonchev–Trinajstić information content (AvgIpc) is 3.10. The number of nitrogens with zero attached hydrogens (tertiary/aromatic N) is 2. The van der Waals surface area contributed by atoms with E-state index in [-0.39, 0.29) is 5.91 Å². The van der Waals surface area contributed by atoms with Gasteiger partial charge in [-0.25, -0.2) is 4.68 Å². The zero-order valence-corrected chi connectivity index (χ0v) is 14.3. The summed E-state index contributed by atoms with van der Waals surface area (Å²) < 4.78 is 7.36. The fraction of sp³-hybridized carbons (Fsp3) is 0.200. The summed E-state index contributed by atoms with van der Waals surface area (Å²) in [5.74, 6) is 0.247. The second-order valence-electron chi connectivity index (χ2n) is 5.90. The number of aryl methyl sites for hydroxylation is 1. The molecule has 5 heteroatoms. The fourth-order valence-corrected chi connectivity index (χ4v) is 2.37. The monoisotopic (exact) mass is 335 g/mol. The van der Waals surface area contributed by atoms with Crippen LogP contribution in [0.3, 0.4) is 0 Å². The van der Waals surface area contributed by atoms with Crippen molar-refractivity contribution in [3.63, 3.8) is 0 Å². The van der Waals surface area contributed by atoms with Crippen LogP contribution in [-0.4, -0.2) is 21.8 Å². The van der Waals surface area contributed by atoms with Gasteiger partial charge in [-0.3, -0.25) is 4.79 Å². The Balaban J connectivity index is 1.54. The Kier molecular flexibility index (Phi) is 5.14. The smallest absolute Gasteiger partial charge is 0.261 e. The number of amides is 1. The molecule has 128 valence electrons. The predicted molar refractivity (Wildman–Crippen MR) is 96.7 cm³/mol. The standard InChI is InChI=1S/C20H21N3O2/c1-15-8-10-17(11-9-15)14-21-20(24)16(2)25-19-12-13-23(22-19)18-6-4-3-5-7-18/h3-13,16H,14H2,1-2H3,(H,21,24). The molecule has 1 aromatic heterocycles. The molecule has 0 bridgehead atoms. The largest absolute Gasteiger partial charge is 0.463 e. The van der Waals surface area contributed by atoms with Crippen molar-refractivity contribution in [3.8, 4) is 11.6 Å². The Hall–Kier alpha value is -3.08. The van der Waals surface area contributed by atoms with Gasteiger partial charge < -0.3 is 10.1 Å². The molecule has 2 aromatic carbocycles. The molecule has 1 heterocycles. The number of rotatable bonds is 6. The van der Waals surface area contributed by atoms with Gasteiger partial charge in [-0.2, -0.15) is 0 Å². The molecule has 1 N–H and O–H groups in total. The molecular formula is C20H21N3O2. The molecule has 0 spiro atoms. The number of hydrogen-bond acceptors (Lipinski definition) is 3. The fourth-order valence-electron chi connectivity index (χ4n) is 2.37. The highest BCUT2D eigenvalue weighted by molar-refractivity contribution is 5.80. The molecule has 1 atom stereocenters. The molecule has 0 saturated heterocycles. The summed E-state index contributed by atoms with van der Waals surface area (Å²) >= 11 is 0. The third kappa shape index (κ3) is 4.47. The Morgan fingerprint density at radius 1 is 1.12 bits per heavy atom. The van der Waals surface area contributed by atoms with Gasteiger partial charge in [0.15, 0.2) is 6.10 Å². The number of aromatic nitrogens is 2. The summed E-state index contributed by atoms with van der Waals surface area (Å²) in [4.78, 5) is 12.2. The van der Waals surface area contributed by atoms with Gasteiger partial charge in [-0.1, -0.05) is 48.0 Å². The normalized spacial score (nSPS) is 11.8. The molecule has 5 nitrogen and oxygen atoms in total. The highest BCUT2D eigenvalue weighted by Crippen LogP contribution is 2.13. The molecule has 3 rings (SSSR count). The maximum absolute atomic E-state index is 12.2. The van der Waals surface area contributed by atoms with Gasteiger partial charge in [-0.05, 0) is 31.5 Å². The van der Waals surface area contributed by atoms with Crippen LogP contribution in [0.5, 0.6) is 5.88 Å². The van der Waals surface area contributed by atoms with E-state index in [0.29, 0.717) is 12.4 Å². The second kappa shape index (κ2) is 7.66. The SMILES string of the molecule is Cc1ccc(CNC(=O)C(C)Oc2ccn(-c3ccccc3)n2)cc1. The maximum atomic E-state index is 12.2. The number of hydrogen-bond donors (Lipinski definition) is 1. The van der Waals surface area contributed by atoms with Crippen LogP contribution in [0.15, 0.2) is 66.9 Å². The first-order valence-corrected chi connectivity index (χ1v) is 8.23. The van der Waals surface area contributed by atoms with Gasteiger partial charge in [0.2, 0.25) is 5.88 Å². The quantitative estimate of drug-likeness (QED) is 0.752. The lowest BCUT2D eigenvalue weighted by Gasteiger charge is -2.13. The van der Waals surface area contributed by atoms with Crippen molar-refractivity contribution >= 4 is 5.91 Å². The van der Waals surface area contributed by atoms with E-state index in [9.17, 15) is 4.79 Å². The second-order valence-corrected chi connectivity index (χ2v) is 5.90. The van der Waals surface area contributed by atoms with Crippen LogP contribution >= 0.6 is 0 Å². The summed E-state index contributed by atoms with van der Waals surface area (Å²) in [5, 5.41) is 7.22. The number of carbonyl (C=O) groups is 1. The minimum absolute atomic E-state index is 0.171. The molecule has 0 aliphatic heterocycles. The number of carbonyl (C=O) groups excluding carboxylic acids is 1. The first kappa shape index (κ1) is 16.8. The molecule has 1 unspecified atom stereocenters. The summed E-state index contributed by atoms with van der Waals surface area (Å²) in [5.41, 5.74) is 3.19. The average molecular weight is 335 g/mol. The van der Waals surface area contributed by atoms with Gasteiger partial charge in [0.1, 0.15) is 0 Å². The van der Waals surface area contributed by atoms with E-state index in [1.54, 1.807) is 17.7 Å². The summed E-state index contributed by atoms with van der Waals surface area (Å²) in [6, 6.07) is 19.5. The maximum Gasteiger partial charge on any atom is 0.261 e. The van der Waals surface area contributed by atoms with E-state index in [2.05, 4.69) is 10.4 Å². The summed E-state index contributed by atoms with van der Waals surface area (Å²) in [7, 11) is 0. The van der Waals surface area contributed by atoms with Crippen molar-refractivity contribution in [2.75, 3.05) is 0 Å². The number of benzene rings is 2. The number of ether oxygens (including phenoxy) is 1. The van der Waals surface area contributed by atoms with Gasteiger partial charge in [-0.15, -0.1) is 5.10 Å². The van der Waals surface area contributed by atoms with Gasteiger partial charge in [0, 0.05) is 18.8 Å². The van der Waals surface area contributed by atoms with Gasteiger partial charge >= 0.3 is 0 Å². The lowest BCUT2D eigenvalue weighted by Crippen LogP contribution is -2.36. The van der Waals surface area contributed by atoms with Crippen molar-refractivity contribution in [1.29, 1.82) is 0 Å². The molecule has 0 aliphatic carbocycles. The molecule has 25 heavy (non-hydrogen) atoms. The van der Waals surface area contributed by atoms with E-state index in [1.807, 2.05) is 67.7 Å². The van der Waals surface area contributed by atoms with Crippen molar-refractivity contribution in [1.82, 2.24) is 15.1 Å². The summed E-state index contributed by atoms with van der Waals surface area (Å²) in [6.07, 6.45) is 1.19. The lowest BCUT2D eigenvalue weighted by atomic mass is 10.1. The highest BCUT2D eigenvalue weighted by atomic mass is 16.5. The van der Waals surface area contributed by atoms with Gasteiger partial charge in [0.05, 0.1) is 5.69 Å².